The minimum Gasteiger partial charge on any atom is -0.349 e. The van der Waals surface area contributed by atoms with Crippen LogP contribution in [-0.4, -0.2) is 34.8 Å². The fourth-order valence-corrected chi connectivity index (χ4v) is 4.33. The van der Waals surface area contributed by atoms with Crippen LogP contribution in [0, 0.1) is 12.8 Å². The van der Waals surface area contributed by atoms with E-state index in [0.29, 0.717) is 45.8 Å². The quantitative estimate of drug-likeness (QED) is 0.231. The van der Waals surface area contributed by atoms with Crippen LogP contribution < -0.4 is 10.6 Å². The summed E-state index contributed by atoms with van der Waals surface area (Å²) in [5, 5.41) is 12.7. The van der Waals surface area contributed by atoms with Crippen LogP contribution in [0.15, 0.2) is 55.1 Å². The molecule has 8 heteroatoms. The molecule has 34 heavy (non-hydrogen) atoms. The Bertz CT molecular complexity index is 1160. The van der Waals surface area contributed by atoms with Crippen molar-refractivity contribution in [3.8, 4) is 16.9 Å². The summed E-state index contributed by atoms with van der Waals surface area (Å²) < 4.78 is 1.72. The molecule has 3 aromatic rings. The molecule has 0 spiro atoms. The number of nitrogens with zero attached hydrogens (tertiary/aromatic N) is 2. The SMILES string of the molecule is C=CCC(C)C(C)NCCNC(=O)c1nn(-c2ccc(Cl)cc2)c(-c2ccc(Cl)cc2Cl)c1C. The van der Waals surface area contributed by atoms with Crippen LogP contribution in [0.4, 0.5) is 0 Å². The number of benzene rings is 2. The van der Waals surface area contributed by atoms with Crippen LogP contribution in [0.1, 0.15) is 36.3 Å². The van der Waals surface area contributed by atoms with E-state index in [2.05, 4.69) is 36.2 Å². The summed E-state index contributed by atoms with van der Waals surface area (Å²) in [6.45, 7) is 11.1. The van der Waals surface area contributed by atoms with Crippen LogP contribution >= 0.6 is 34.8 Å². The Morgan fingerprint density at radius 3 is 2.41 bits per heavy atom. The smallest absolute Gasteiger partial charge is 0.272 e. The molecule has 1 aromatic heterocycles. The van der Waals surface area contributed by atoms with Crippen LogP contribution in [-0.2, 0) is 0 Å². The summed E-state index contributed by atoms with van der Waals surface area (Å²) in [5.74, 6) is 0.224. The molecule has 2 aromatic carbocycles. The molecule has 0 saturated carbocycles. The summed E-state index contributed by atoms with van der Waals surface area (Å²) in [5.41, 5.74) is 3.27. The highest BCUT2D eigenvalue weighted by Gasteiger charge is 2.23. The Hall–Kier alpha value is -2.31. The molecular formula is C26H29Cl3N4O. The third-order valence-electron chi connectivity index (χ3n) is 5.86. The number of allylic oxidation sites excluding steroid dienone is 1. The zero-order valence-corrected chi connectivity index (χ0v) is 21.8. The molecule has 1 heterocycles. The highest BCUT2D eigenvalue weighted by molar-refractivity contribution is 6.36. The number of halogens is 3. The Labute approximate surface area is 216 Å². The fourth-order valence-electron chi connectivity index (χ4n) is 3.71. The third-order valence-corrected chi connectivity index (χ3v) is 6.66. The lowest BCUT2D eigenvalue weighted by atomic mass is 10.00. The maximum atomic E-state index is 13.1. The first-order valence-corrected chi connectivity index (χ1v) is 12.3. The second-order valence-electron chi connectivity index (χ2n) is 8.33. The topological polar surface area (TPSA) is 58.9 Å². The van der Waals surface area contributed by atoms with Gasteiger partial charge in [0.25, 0.3) is 5.91 Å². The number of hydrogen-bond donors (Lipinski definition) is 2. The number of hydrogen-bond acceptors (Lipinski definition) is 3. The molecule has 0 aliphatic heterocycles. The molecule has 2 atom stereocenters. The standard InChI is InChI=1S/C26H29Cl3N4O/c1-5-6-16(2)18(4)30-13-14-31-26(34)24-17(3)25(22-12-9-20(28)15-23(22)29)33(32-24)21-10-7-19(27)8-11-21/h5,7-12,15-16,18,30H,1,6,13-14H2,2-4H3,(H,31,34). The molecule has 0 aliphatic rings. The van der Waals surface area contributed by atoms with Crippen LogP contribution in [0.5, 0.6) is 0 Å². The molecule has 0 aliphatic carbocycles. The predicted octanol–water partition coefficient (Wildman–Crippen LogP) is 6.73. The maximum absolute atomic E-state index is 13.1. The second kappa shape index (κ2) is 11.9. The van der Waals surface area contributed by atoms with Gasteiger partial charge in [-0.25, -0.2) is 4.68 Å². The lowest BCUT2D eigenvalue weighted by Gasteiger charge is -2.20. The van der Waals surface area contributed by atoms with Crippen molar-refractivity contribution in [2.24, 2.45) is 5.92 Å². The van der Waals surface area contributed by atoms with Gasteiger partial charge in [-0.3, -0.25) is 4.79 Å². The highest BCUT2D eigenvalue weighted by Crippen LogP contribution is 2.35. The Balaban J connectivity index is 1.86. The monoisotopic (exact) mass is 518 g/mol. The Morgan fingerprint density at radius 2 is 1.76 bits per heavy atom. The van der Waals surface area contributed by atoms with E-state index in [-0.39, 0.29) is 5.91 Å². The summed E-state index contributed by atoms with van der Waals surface area (Å²) >= 11 is 18.7. The van der Waals surface area contributed by atoms with Crippen LogP contribution in [0.2, 0.25) is 15.1 Å². The largest absolute Gasteiger partial charge is 0.349 e. The molecule has 180 valence electrons. The van der Waals surface area contributed by atoms with E-state index < -0.39 is 0 Å². The molecule has 0 bridgehead atoms. The van der Waals surface area contributed by atoms with Gasteiger partial charge in [-0.05, 0) is 68.7 Å². The molecule has 3 rings (SSSR count). The van der Waals surface area contributed by atoms with Crippen LogP contribution in [0.25, 0.3) is 16.9 Å². The van der Waals surface area contributed by atoms with Crippen molar-refractivity contribution in [2.75, 3.05) is 13.1 Å². The van der Waals surface area contributed by atoms with E-state index in [1.54, 1.807) is 28.9 Å². The molecule has 2 unspecified atom stereocenters. The third kappa shape index (κ3) is 6.22. The lowest BCUT2D eigenvalue weighted by Crippen LogP contribution is -2.38. The Kier molecular flexibility index (Phi) is 9.20. The summed E-state index contributed by atoms with van der Waals surface area (Å²) in [6, 6.07) is 12.8. The van der Waals surface area contributed by atoms with Crippen molar-refractivity contribution >= 4 is 40.7 Å². The van der Waals surface area contributed by atoms with Crippen molar-refractivity contribution in [2.45, 2.75) is 33.2 Å². The first kappa shape index (κ1) is 26.3. The first-order valence-electron chi connectivity index (χ1n) is 11.2. The zero-order chi connectivity index (χ0) is 24.8. The van der Waals surface area contributed by atoms with Crippen LogP contribution in [0.3, 0.4) is 0 Å². The van der Waals surface area contributed by atoms with Crippen molar-refractivity contribution in [1.82, 2.24) is 20.4 Å². The number of amides is 1. The molecule has 0 radical (unpaired) electrons. The maximum Gasteiger partial charge on any atom is 0.272 e. The fraction of sp³-hybridized carbons (Fsp3) is 0.308. The van der Waals surface area contributed by atoms with E-state index in [1.165, 1.54) is 0 Å². The van der Waals surface area contributed by atoms with Gasteiger partial charge >= 0.3 is 0 Å². The summed E-state index contributed by atoms with van der Waals surface area (Å²) in [6.07, 6.45) is 2.87. The van der Waals surface area contributed by atoms with Crippen molar-refractivity contribution in [1.29, 1.82) is 0 Å². The zero-order valence-electron chi connectivity index (χ0n) is 19.5. The van der Waals surface area contributed by atoms with E-state index in [4.69, 9.17) is 34.8 Å². The van der Waals surface area contributed by atoms with Gasteiger partial charge in [-0.1, -0.05) is 47.8 Å². The normalized spacial score (nSPS) is 12.9. The minimum absolute atomic E-state index is 0.245. The van der Waals surface area contributed by atoms with Gasteiger partial charge < -0.3 is 10.6 Å². The van der Waals surface area contributed by atoms with Gasteiger partial charge in [0, 0.05) is 40.3 Å². The number of nitrogens with one attached hydrogen (secondary N) is 2. The average molecular weight is 520 g/mol. The first-order chi connectivity index (χ1) is 16.2. The minimum atomic E-state index is -0.245. The van der Waals surface area contributed by atoms with Gasteiger partial charge in [-0.15, -0.1) is 6.58 Å². The summed E-state index contributed by atoms with van der Waals surface area (Å²) in [4.78, 5) is 13.1. The molecule has 5 nitrogen and oxygen atoms in total. The number of aromatic nitrogens is 2. The molecule has 0 fully saturated rings. The Morgan fingerprint density at radius 1 is 1.09 bits per heavy atom. The van der Waals surface area contributed by atoms with E-state index in [1.807, 2.05) is 31.2 Å². The van der Waals surface area contributed by atoms with Crippen molar-refractivity contribution in [3.05, 3.63) is 81.4 Å². The van der Waals surface area contributed by atoms with Gasteiger partial charge in [0.1, 0.15) is 0 Å². The van der Waals surface area contributed by atoms with E-state index in [9.17, 15) is 4.79 Å². The van der Waals surface area contributed by atoms with Gasteiger partial charge in [0.05, 0.1) is 16.4 Å². The summed E-state index contributed by atoms with van der Waals surface area (Å²) in [7, 11) is 0. The number of carbonyl (C=O) groups excluding carboxylic acids is 1. The predicted molar refractivity (Wildman–Crippen MR) is 143 cm³/mol. The molecule has 0 saturated heterocycles. The number of rotatable bonds is 10. The molecule has 2 N–H and O–H groups in total. The van der Waals surface area contributed by atoms with Gasteiger partial charge in [0.15, 0.2) is 5.69 Å². The van der Waals surface area contributed by atoms with Crippen molar-refractivity contribution < 1.29 is 4.79 Å². The van der Waals surface area contributed by atoms with Crippen molar-refractivity contribution in [3.63, 3.8) is 0 Å². The van der Waals surface area contributed by atoms with E-state index >= 15 is 0 Å². The number of carbonyl (C=O) groups is 1. The second-order valence-corrected chi connectivity index (χ2v) is 9.62. The highest BCUT2D eigenvalue weighted by atomic mass is 35.5. The van der Waals surface area contributed by atoms with Gasteiger partial charge in [-0.2, -0.15) is 5.10 Å². The molecular weight excluding hydrogens is 491 g/mol. The molecule has 1 amide bonds. The van der Waals surface area contributed by atoms with Gasteiger partial charge in [0.2, 0.25) is 0 Å². The van der Waals surface area contributed by atoms with E-state index in [0.717, 1.165) is 28.9 Å². The lowest BCUT2D eigenvalue weighted by molar-refractivity contribution is 0.0947. The average Bonchev–Trinajstić information content (AvgIpc) is 3.14.